The largest absolute Gasteiger partial charge is 0.497 e. The van der Waals surface area contributed by atoms with Crippen molar-refractivity contribution in [1.82, 2.24) is 10.2 Å². The van der Waals surface area contributed by atoms with Gasteiger partial charge in [0, 0.05) is 38.0 Å². The molecule has 7 nitrogen and oxygen atoms in total. The number of aliphatic hydroxyl groups is 1. The summed E-state index contributed by atoms with van der Waals surface area (Å²) in [5.41, 5.74) is 1.29. The Morgan fingerprint density at radius 1 is 1.00 bits per heavy atom. The lowest BCUT2D eigenvalue weighted by Gasteiger charge is -2.29. The summed E-state index contributed by atoms with van der Waals surface area (Å²) < 4.78 is 24.8. The summed E-state index contributed by atoms with van der Waals surface area (Å²) in [5.74, 6) is 1.28. The highest BCUT2D eigenvalue weighted by molar-refractivity contribution is 5.96. The van der Waals surface area contributed by atoms with Crippen molar-refractivity contribution in [2.45, 2.75) is 83.0 Å². The van der Waals surface area contributed by atoms with Gasteiger partial charge in [-0.25, -0.2) is 4.39 Å². The number of hydrogen-bond acceptors (Lipinski definition) is 6. The van der Waals surface area contributed by atoms with Crippen LogP contribution in [0.1, 0.15) is 86.7 Å². The first-order valence-electron chi connectivity index (χ1n) is 14.6. The van der Waals surface area contributed by atoms with E-state index in [0.717, 1.165) is 18.6 Å². The van der Waals surface area contributed by atoms with E-state index >= 15 is 0 Å². The van der Waals surface area contributed by atoms with Crippen molar-refractivity contribution in [3.63, 3.8) is 0 Å². The van der Waals surface area contributed by atoms with E-state index in [1.165, 1.54) is 12.8 Å². The third-order valence-corrected chi connectivity index (χ3v) is 7.36. The third-order valence-electron chi connectivity index (χ3n) is 7.36. The minimum Gasteiger partial charge on any atom is -0.497 e. The zero-order valence-corrected chi connectivity index (χ0v) is 23.9. The summed E-state index contributed by atoms with van der Waals surface area (Å²) >= 11 is 0. The number of hydrogen-bond donors (Lipinski definition) is 2. The van der Waals surface area contributed by atoms with Crippen molar-refractivity contribution >= 4 is 11.7 Å². The number of aliphatic hydroxyl groups excluding tert-OH is 1. The second-order valence-corrected chi connectivity index (χ2v) is 10.6. The molecule has 1 aliphatic heterocycles. The quantitative estimate of drug-likeness (QED) is 0.182. The Hall–Kier alpha value is -2.97. The summed E-state index contributed by atoms with van der Waals surface area (Å²) in [6.45, 7) is 4.09. The number of ketones is 1. The van der Waals surface area contributed by atoms with Crippen molar-refractivity contribution in [3.8, 4) is 11.5 Å². The lowest BCUT2D eigenvalue weighted by atomic mass is 10.0. The number of alkyl halides is 1. The monoisotopic (exact) mass is 556 g/mol. The molecule has 220 valence electrons. The van der Waals surface area contributed by atoms with Crippen LogP contribution < -0.4 is 14.8 Å². The van der Waals surface area contributed by atoms with Gasteiger partial charge in [-0.15, -0.1) is 0 Å². The number of benzene rings is 2. The lowest BCUT2D eigenvalue weighted by Crippen LogP contribution is -2.46. The van der Waals surface area contributed by atoms with Crippen molar-refractivity contribution in [2.75, 3.05) is 33.4 Å². The standard InChI is InChI=1S/C32H45FN2O5/c1-3-4-5-8-21-40-28-17-13-25(14-18-28)32(38)29(23-35-20-19-26(33)22-35)34-31(37)10-7-6-9-30(36)24-11-15-27(39-2)16-12-24/h11-18,26,29,32,38H,3-10,19-23H2,1-2H3,(H,34,37)/t26-,29-,32-/m1/s1. The number of carbonyl (C=O) groups is 2. The molecule has 1 fully saturated rings. The molecule has 2 N–H and O–H groups in total. The minimum absolute atomic E-state index is 0.0274. The summed E-state index contributed by atoms with van der Waals surface area (Å²) in [5, 5.41) is 14.2. The molecule has 1 amide bonds. The van der Waals surface area contributed by atoms with Gasteiger partial charge in [-0.1, -0.05) is 38.3 Å². The second-order valence-electron chi connectivity index (χ2n) is 10.6. The maximum Gasteiger partial charge on any atom is 0.220 e. The minimum atomic E-state index is -0.946. The van der Waals surface area contributed by atoms with E-state index in [2.05, 4.69) is 12.2 Å². The lowest BCUT2D eigenvalue weighted by molar-refractivity contribution is -0.123. The van der Waals surface area contributed by atoms with E-state index in [9.17, 15) is 19.1 Å². The molecule has 0 saturated carbocycles. The molecule has 1 saturated heterocycles. The number of nitrogens with zero attached hydrogens (tertiary/aromatic N) is 1. The number of amides is 1. The predicted molar refractivity (Wildman–Crippen MR) is 155 cm³/mol. The Morgan fingerprint density at radius 3 is 2.35 bits per heavy atom. The van der Waals surface area contributed by atoms with Gasteiger partial charge in [0.15, 0.2) is 5.78 Å². The third kappa shape index (κ3) is 10.5. The van der Waals surface area contributed by atoms with Crippen LogP contribution in [0, 0.1) is 0 Å². The van der Waals surface area contributed by atoms with Gasteiger partial charge in [0.2, 0.25) is 5.91 Å². The van der Waals surface area contributed by atoms with Crippen LogP contribution in [0.4, 0.5) is 4.39 Å². The molecule has 3 atom stereocenters. The number of rotatable bonds is 18. The molecule has 0 aliphatic carbocycles. The van der Waals surface area contributed by atoms with Crippen LogP contribution in [0.2, 0.25) is 0 Å². The first-order chi connectivity index (χ1) is 19.4. The average molecular weight is 557 g/mol. The number of carbonyl (C=O) groups excluding carboxylic acids is 2. The smallest absolute Gasteiger partial charge is 0.220 e. The molecule has 2 aromatic carbocycles. The van der Waals surface area contributed by atoms with E-state index in [1.54, 1.807) is 31.4 Å². The van der Waals surface area contributed by atoms with Crippen LogP contribution in [0.5, 0.6) is 11.5 Å². The zero-order valence-electron chi connectivity index (χ0n) is 23.9. The fraction of sp³-hybridized carbons (Fsp3) is 0.562. The highest BCUT2D eigenvalue weighted by atomic mass is 19.1. The van der Waals surface area contributed by atoms with Gasteiger partial charge in [-0.3, -0.25) is 14.5 Å². The number of ether oxygens (including phenoxy) is 2. The average Bonchev–Trinajstić information content (AvgIpc) is 3.39. The number of halogens is 1. The molecule has 2 aromatic rings. The summed E-state index contributed by atoms with van der Waals surface area (Å²) in [7, 11) is 1.58. The van der Waals surface area contributed by atoms with E-state index in [4.69, 9.17) is 9.47 Å². The summed E-state index contributed by atoms with van der Waals surface area (Å²) in [6.07, 6.45) is 4.89. The second kappa shape index (κ2) is 17.0. The van der Waals surface area contributed by atoms with Gasteiger partial charge in [-0.2, -0.15) is 0 Å². The first kappa shape index (κ1) is 31.6. The van der Waals surface area contributed by atoms with Crippen LogP contribution in [0.3, 0.4) is 0 Å². The molecule has 1 heterocycles. The fourth-order valence-corrected chi connectivity index (χ4v) is 4.94. The molecule has 40 heavy (non-hydrogen) atoms. The normalized spacial score (nSPS) is 16.9. The number of methoxy groups -OCH3 is 1. The van der Waals surface area contributed by atoms with Crippen molar-refractivity contribution < 1.29 is 28.6 Å². The van der Waals surface area contributed by atoms with Gasteiger partial charge in [0.25, 0.3) is 0 Å². The summed E-state index contributed by atoms with van der Waals surface area (Å²) in [6, 6.07) is 13.7. The Bertz CT molecular complexity index is 1030. The van der Waals surface area contributed by atoms with Crippen LogP contribution in [0.25, 0.3) is 0 Å². The molecular formula is C32H45FN2O5. The fourth-order valence-electron chi connectivity index (χ4n) is 4.94. The molecular weight excluding hydrogens is 511 g/mol. The Morgan fingerprint density at radius 2 is 1.70 bits per heavy atom. The molecule has 0 bridgehead atoms. The maximum absolute atomic E-state index is 13.8. The molecule has 0 radical (unpaired) electrons. The van der Waals surface area contributed by atoms with Crippen molar-refractivity contribution in [3.05, 3.63) is 59.7 Å². The van der Waals surface area contributed by atoms with Crippen molar-refractivity contribution in [1.29, 1.82) is 0 Å². The van der Waals surface area contributed by atoms with Crippen LogP contribution in [0.15, 0.2) is 48.5 Å². The van der Waals surface area contributed by atoms with Crippen LogP contribution in [-0.4, -0.2) is 67.3 Å². The van der Waals surface area contributed by atoms with Gasteiger partial charge < -0.3 is 19.9 Å². The molecule has 0 spiro atoms. The number of unbranched alkanes of at least 4 members (excludes halogenated alkanes) is 4. The van der Waals surface area contributed by atoms with Gasteiger partial charge >= 0.3 is 0 Å². The molecule has 0 unspecified atom stereocenters. The number of likely N-dealkylation sites (tertiary alicyclic amines) is 1. The van der Waals surface area contributed by atoms with Crippen molar-refractivity contribution in [2.24, 2.45) is 0 Å². The molecule has 3 rings (SSSR count). The van der Waals surface area contributed by atoms with Gasteiger partial charge in [0.1, 0.15) is 23.8 Å². The van der Waals surface area contributed by atoms with E-state index in [1.807, 2.05) is 29.2 Å². The van der Waals surface area contributed by atoms with Crippen LogP contribution in [-0.2, 0) is 4.79 Å². The first-order valence-corrected chi connectivity index (χ1v) is 14.6. The SMILES string of the molecule is CCCCCCOc1ccc([C@@H](O)[C@@H](CN2CC[C@@H](F)C2)NC(=O)CCCCC(=O)c2ccc(OC)cc2)cc1. The van der Waals surface area contributed by atoms with E-state index < -0.39 is 18.3 Å². The van der Waals surface area contributed by atoms with Crippen LogP contribution >= 0.6 is 0 Å². The Labute approximate surface area is 238 Å². The number of Topliss-reactive ketones (excluding diaryl/α,β-unsaturated/α-hetero) is 1. The summed E-state index contributed by atoms with van der Waals surface area (Å²) in [4.78, 5) is 27.2. The zero-order chi connectivity index (χ0) is 28.7. The highest BCUT2D eigenvalue weighted by Gasteiger charge is 2.29. The van der Waals surface area contributed by atoms with Gasteiger partial charge in [0.05, 0.1) is 19.8 Å². The molecule has 0 aromatic heterocycles. The maximum atomic E-state index is 13.8. The number of nitrogens with one attached hydrogen (secondary N) is 1. The van der Waals surface area contributed by atoms with E-state index in [-0.39, 0.29) is 18.1 Å². The Kier molecular flexibility index (Phi) is 13.4. The van der Waals surface area contributed by atoms with Gasteiger partial charge in [-0.05, 0) is 67.6 Å². The van der Waals surface area contributed by atoms with E-state index in [0.29, 0.717) is 68.8 Å². The highest BCUT2D eigenvalue weighted by Crippen LogP contribution is 2.23. The Balaban J connectivity index is 1.50. The molecule has 1 aliphatic rings. The molecule has 8 heteroatoms. The predicted octanol–water partition coefficient (Wildman–Crippen LogP) is 5.66. The topological polar surface area (TPSA) is 88.1 Å².